The third-order valence-corrected chi connectivity index (χ3v) is 3.36. The first-order valence-electron chi connectivity index (χ1n) is 6.28. The van der Waals surface area contributed by atoms with Crippen LogP contribution in [-0.4, -0.2) is 4.92 Å². The Kier molecular flexibility index (Phi) is 4.71. The van der Waals surface area contributed by atoms with Gasteiger partial charge in [-0.15, -0.1) is 0 Å². The molecular formula is C15H15ClN2O2. The second kappa shape index (κ2) is 6.50. The van der Waals surface area contributed by atoms with Crippen LogP contribution < -0.4 is 5.32 Å². The highest BCUT2D eigenvalue weighted by Crippen LogP contribution is 2.17. The SMILES string of the molecule is C[C@@H](NCc1cccc([N+](=O)[O-])c1)c1ccc(Cl)cc1. The lowest BCUT2D eigenvalue weighted by molar-refractivity contribution is -0.384. The molecule has 4 nitrogen and oxygen atoms in total. The number of rotatable bonds is 5. The van der Waals surface area contributed by atoms with Gasteiger partial charge in [0.05, 0.1) is 4.92 Å². The Labute approximate surface area is 122 Å². The minimum absolute atomic E-state index is 0.114. The molecule has 0 amide bonds. The number of nitro benzene ring substituents is 1. The molecule has 0 saturated carbocycles. The predicted molar refractivity (Wildman–Crippen MR) is 79.8 cm³/mol. The van der Waals surface area contributed by atoms with Gasteiger partial charge in [0, 0.05) is 29.7 Å². The number of halogens is 1. The van der Waals surface area contributed by atoms with E-state index in [1.807, 2.05) is 37.3 Å². The molecular weight excluding hydrogens is 276 g/mol. The smallest absolute Gasteiger partial charge is 0.269 e. The lowest BCUT2D eigenvalue weighted by atomic mass is 10.1. The Bertz CT molecular complexity index is 599. The van der Waals surface area contributed by atoms with Crippen molar-refractivity contribution in [1.29, 1.82) is 0 Å². The quantitative estimate of drug-likeness (QED) is 0.666. The minimum Gasteiger partial charge on any atom is -0.306 e. The third kappa shape index (κ3) is 3.79. The van der Waals surface area contributed by atoms with Crippen LogP contribution in [0.3, 0.4) is 0 Å². The molecule has 0 heterocycles. The van der Waals surface area contributed by atoms with E-state index in [9.17, 15) is 10.1 Å². The minimum atomic E-state index is -0.383. The molecule has 0 bridgehead atoms. The van der Waals surface area contributed by atoms with Crippen LogP contribution in [0.15, 0.2) is 48.5 Å². The zero-order valence-electron chi connectivity index (χ0n) is 11.0. The van der Waals surface area contributed by atoms with E-state index in [-0.39, 0.29) is 16.7 Å². The van der Waals surface area contributed by atoms with Gasteiger partial charge in [-0.1, -0.05) is 35.9 Å². The number of hydrogen-bond acceptors (Lipinski definition) is 3. The summed E-state index contributed by atoms with van der Waals surface area (Å²) in [6.45, 7) is 2.62. The van der Waals surface area contributed by atoms with Gasteiger partial charge in [0.15, 0.2) is 0 Å². The second-order valence-electron chi connectivity index (χ2n) is 4.58. The molecule has 1 atom stereocenters. The van der Waals surface area contributed by atoms with Gasteiger partial charge in [0.1, 0.15) is 0 Å². The maximum atomic E-state index is 10.7. The van der Waals surface area contributed by atoms with E-state index in [0.29, 0.717) is 11.6 Å². The van der Waals surface area contributed by atoms with E-state index in [1.54, 1.807) is 12.1 Å². The summed E-state index contributed by atoms with van der Waals surface area (Å²) in [5, 5.41) is 14.8. The van der Waals surface area contributed by atoms with Crippen LogP contribution in [0.25, 0.3) is 0 Å². The molecule has 0 fully saturated rings. The second-order valence-corrected chi connectivity index (χ2v) is 5.02. The lowest BCUT2D eigenvalue weighted by Gasteiger charge is -2.14. The monoisotopic (exact) mass is 290 g/mol. The van der Waals surface area contributed by atoms with E-state index in [4.69, 9.17) is 11.6 Å². The van der Waals surface area contributed by atoms with Crippen molar-refractivity contribution in [2.75, 3.05) is 0 Å². The number of non-ortho nitro benzene ring substituents is 1. The van der Waals surface area contributed by atoms with Crippen LogP contribution in [-0.2, 0) is 6.54 Å². The fraction of sp³-hybridized carbons (Fsp3) is 0.200. The third-order valence-electron chi connectivity index (χ3n) is 3.10. The number of hydrogen-bond donors (Lipinski definition) is 1. The summed E-state index contributed by atoms with van der Waals surface area (Å²) in [4.78, 5) is 10.3. The largest absolute Gasteiger partial charge is 0.306 e. The Morgan fingerprint density at radius 1 is 1.25 bits per heavy atom. The first-order chi connectivity index (χ1) is 9.56. The predicted octanol–water partition coefficient (Wildman–Crippen LogP) is 4.10. The van der Waals surface area contributed by atoms with Crippen LogP contribution in [0.5, 0.6) is 0 Å². The van der Waals surface area contributed by atoms with Gasteiger partial charge in [0.2, 0.25) is 0 Å². The van der Waals surface area contributed by atoms with Crippen LogP contribution in [0.4, 0.5) is 5.69 Å². The number of nitrogens with zero attached hydrogens (tertiary/aromatic N) is 1. The molecule has 2 rings (SSSR count). The molecule has 2 aromatic rings. The molecule has 0 aliphatic carbocycles. The summed E-state index contributed by atoms with van der Waals surface area (Å²) in [5.41, 5.74) is 2.13. The van der Waals surface area contributed by atoms with E-state index in [2.05, 4.69) is 5.32 Å². The number of nitro groups is 1. The fourth-order valence-electron chi connectivity index (χ4n) is 1.92. The molecule has 0 unspecified atom stereocenters. The lowest BCUT2D eigenvalue weighted by Crippen LogP contribution is -2.18. The van der Waals surface area contributed by atoms with Gasteiger partial charge >= 0.3 is 0 Å². The summed E-state index contributed by atoms with van der Waals surface area (Å²) < 4.78 is 0. The molecule has 0 saturated heterocycles. The maximum Gasteiger partial charge on any atom is 0.269 e. The van der Waals surface area contributed by atoms with Crippen molar-refractivity contribution in [2.45, 2.75) is 19.5 Å². The Morgan fingerprint density at radius 3 is 2.60 bits per heavy atom. The Morgan fingerprint density at radius 2 is 1.95 bits per heavy atom. The summed E-state index contributed by atoms with van der Waals surface area (Å²) in [6, 6.07) is 14.4. The molecule has 0 spiro atoms. The molecule has 0 aliphatic heterocycles. The first-order valence-corrected chi connectivity index (χ1v) is 6.66. The molecule has 1 N–H and O–H groups in total. The van der Waals surface area contributed by atoms with Gasteiger partial charge in [-0.05, 0) is 30.2 Å². The molecule has 2 aromatic carbocycles. The van der Waals surface area contributed by atoms with E-state index < -0.39 is 0 Å². The van der Waals surface area contributed by atoms with Crippen LogP contribution in [0.1, 0.15) is 24.1 Å². The van der Waals surface area contributed by atoms with Gasteiger partial charge in [-0.2, -0.15) is 0 Å². The molecule has 20 heavy (non-hydrogen) atoms. The highest BCUT2D eigenvalue weighted by atomic mass is 35.5. The van der Waals surface area contributed by atoms with E-state index >= 15 is 0 Å². The average Bonchev–Trinajstić information content (AvgIpc) is 2.46. The number of benzene rings is 2. The van der Waals surface area contributed by atoms with Crippen molar-refractivity contribution in [3.05, 3.63) is 74.8 Å². The van der Waals surface area contributed by atoms with Crippen molar-refractivity contribution >= 4 is 17.3 Å². The summed E-state index contributed by atoms with van der Waals surface area (Å²) in [7, 11) is 0. The Balaban J connectivity index is 1.99. The summed E-state index contributed by atoms with van der Waals surface area (Å²) in [6.07, 6.45) is 0. The van der Waals surface area contributed by atoms with Crippen LogP contribution in [0, 0.1) is 10.1 Å². The van der Waals surface area contributed by atoms with Gasteiger partial charge in [-0.3, -0.25) is 10.1 Å². The number of nitrogens with one attached hydrogen (secondary N) is 1. The summed E-state index contributed by atoms with van der Waals surface area (Å²) in [5.74, 6) is 0. The van der Waals surface area contributed by atoms with Crippen LogP contribution in [0.2, 0.25) is 5.02 Å². The van der Waals surface area contributed by atoms with Crippen molar-refractivity contribution in [2.24, 2.45) is 0 Å². The molecule has 104 valence electrons. The van der Waals surface area contributed by atoms with E-state index in [0.717, 1.165) is 11.1 Å². The average molecular weight is 291 g/mol. The van der Waals surface area contributed by atoms with Gasteiger partial charge in [0.25, 0.3) is 5.69 Å². The topological polar surface area (TPSA) is 55.2 Å². The molecule has 0 aliphatic rings. The van der Waals surface area contributed by atoms with Crippen molar-refractivity contribution in [3.63, 3.8) is 0 Å². The van der Waals surface area contributed by atoms with Crippen molar-refractivity contribution < 1.29 is 4.92 Å². The molecule has 5 heteroatoms. The zero-order chi connectivity index (χ0) is 14.5. The van der Waals surface area contributed by atoms with Crippen LogP contribution >= 0.6 is 11.6 Å². The van der Waals surface area contributed by atoms with Crippen molar-refractivity contribution in [1.82, 2.24) is 5.32 Å². The van der Waals surface area contributed by atoms with Gasteiger partial charge in [-0.25, -0.2) is 0 Å². The highest BCUT2D eigenvalue weighted by molar-refractivity contribution is 6.30. The maximum absolute atomic E-state index is 10.7. The molecule has 0 aromatic heterocycles. The van der Waals surface area contributed by atoms with E-state index in [1.165, 1.54) is 6.07 Å². The zero-order valence-corrected chi connectivity index (χ0v) is 11.8. The summed E-state index contributed by atoms with van der Waals surface area (Å²) >= 11 is 5.85. The first kappa shape index (κ1) is 14.5. The normalized spacial score (nSPS) is 12.1. The standard InChI is InChI=1S/C15H15ClN2O2/c1-11(13-5-7-14(16)8-6-13)17-10-12-3-2-4-15(9-12)18(19)20/h2-9,11,17H,10H2,1H3/t11-/m1/s1. The highest BCUT2D eigenvalue weighted by Gasteiger charge is 2.08. The fourth-order valence-corrected chi connectivity index (χ4v) is 2.05. The van der Waals surface area contributed by atoms with Crippen molar-refractivity contribution in [3.8, 4) is 0 Å². The molecule has 0 radical (unpaired) electrons. The van der Waals surface area contributed by atoms with Gasteiger partial charge < -0.3 is 5.32 Å². The Hall–Kier alpha value is -1.91.